The summed E-state index contributed by atoms with van der Waals surface area (Å²) in [5.41, 5.74) is 6.28. The first-order valence-corrected chi connectivity index (χ1v) is 18.4. The van der Waals surface area contributed by atoms with Crippen molar-refractivity contribution in [2.75, 3.05) is 13.6 Å². The maximum Gasteiger partial charge on any atom is 0.240 e. The molecule has 260 valence electrons. The lowest BCUT2D eigenvalue weighted by Crippen LogP contribution is -2.43. The molecular weight excluding hydrogens is 649 g/mol. The van der Waals surface area contributed by atoms with Crippen molar-refractivity contribution in [2.45, 2.75) is 62.0 Å². The molecule has 1 aliphatic rings. The van der Waals surface area contributed by atoms with Crippen molar-refractivity contribution in [3.63, 3.8) is 0 Å². The van der Waals surface area contributed by atoms with E-state index in [-0.39, 0.29) is 36.3 Å². The van der Waals surface area contributed by atoms with E-state index < -0.39 is 22.4 Å². The van der Waals surface area contributed by atoms with Crippen molar-refractivity contribution in [3.05, 3.63) is 161 Å². The summed E-state index contributed by atoms with van der Waals surface area (Å²) in [7, 11) is -1.66. The third-order valence-corrected chi connectivity index (χ3v) is 10.8. The van der Waals surface area contributed by atoms with Crippen LogP contribution in [0.25, 0.3) is 11.1 Å². The third-order valence-electron chi connectivity index (χ3n) is 9.42. The lowest BCUT2D eigenvalue weighted by atomic mass is 9.97. The summed E-state index contributed by atoms with van der Waals surface area (Å²) >= 11 is 0. The normalized spacial score (nSPS) is 19.3. The zero-order valence-corrected chi connectivity index (χ0v) is 29.1. The summed E-state index contributed by atoms with van der Waals surface area (Å²) in [6.07, 6.45) is -1.10. The molecule has 0 aliphatic carbocycles. The number of nitrogens with one attached hydrogen (secondary N) is 1. The highest BCUT2D eigenvalue weighted by Gasteiger charge is 2.34. The highest BCUT2D eigenvalue weighted by atomic mass is 32.2. The number of nitrogens with zero attached hydrogens (tertiary/aromatic N) is 1. The second-order valence-corrected chi connectivity index (χ2v) is 14.6. The fourth-order valence-corrected chi connectivity index (χ4v) is 7.35. The fraction of sp³-hybridized carbons (Fsp3) is 0.268. The SMILES string of the molecule is CC(C(O)c1ccccc1)N(C)CC1CC(c2ccc(CO)cc2)OC(c2ccc(-c3ccccc3CNS(=O)(=O)c3ccccc3)cc2)O1. The van der Waals surface area contributed by atoms with Crippen LogP contribution in [0.15, 0.2) is 138 Å². The Kier molecular flexibility index (Phi) is 11.6. The molecule has 0 saturated carbocycles. The lowest BCUT2D eigenvalue weighted by Gasteiger charge is -2.39. The van der Waals surface area contributed by atoms with Crippen LogP contribution in [0.1, 0.15) is 59.7 Å². The largest absolute Gasteiger partial charge is 0.392 e. The molecule has 0 aromatic heterocycles. The summed E-state index contributed by atoms with van der Waals surface area (Å²) in [4.78, 5) is 2.35. The molecule has 1 saturated heterocycles. The molecule has 5 unspecified atom stereocenters. The number of rotatable bonds is 13. The van der Waals surface area contributed by atoms with Crippen LogP contribution in [0, 0.1) is 0 Å². The second kappa shape index (κ2) is 16.2. The van der Waals surface area contributed by atoms with E-state index in [4.69, 9.17) is 9.47 Å². The first-order chi connectivity index (χ1) is 24.2. The van der Waals surface area contributed by atoms with Crippen LogP contribution in [0.2, 0.25) is 0 Å². The molecule has 0 radical (unpaired) electrons. The minimum Gasteiger partial charge on any atom is -0.392 e. The molecule has 9 heteroatoms. The highest BCUT2D eigenvalue weighted by molar-refractivity contribution is 7.89. The van der Waals surface area contributed by atoms with Gasteiger partial charge in [0, 0.05) is 31.1 Å². The Balaban J connectivity index is 1.20. The first-order valence-electron chi connectivity index (χ1n) is 16.9. The van der Waals surface area contributed by atoms with Gasteiger partial charge < -0.3 is 19.7 Å². The van der Waals surface area contributed by atoms with Crippen molar-refractivity contribution in [1.29, 1.82) is 0 Å². The van der Waals surface area contributed by atoms with Gasteiger partial charge in [-0.1, -0.05) is 121 Å². The molecule has 0 amide bonds. The van der Waals surface area contributed by atoms with Gasteiger partial charge >= 0.3 is 0 Å². The van der Waals surface area contributed by atoms with Crippen LogP contribution in [0.4, 0.5) is 0 Å². The predicted molar refractivity (Wildman–Crippen MR) is 194 cm³/mol. The Labute approximate surface area is 295 Å². The topological polar surface area (TPSA) is 108 Å². The molecule has 5 atom stereocenters. The molecule has 8 nitrogen and oxygen atoms in total. The van der Waals surface area contributed by atoms with Gasteiger partial charge in [-0.15, -0.1) is 0 Å². The van der Waals surface area contributed by atoms with Crippen molar-refractivity contribution >= 4 is 10.0 Å². The molecule has 1 fully saturated rings. The summed E-state index contributed by atoms with van der Waals surface area (Å²) in [6, 6.07) is 41.4. The molecule has 5 aromatic rings. The predicted octanol–water partition coefficient (Wildman–Crippen LogP) is 6.92. The smallest absolute Gasteiger partial charge is 0.240 e. The Bertz CT molecular complexity index is 1920. The average Bonchev–Trinajstić information content (AvgIpc) is 3.17. The molecule has 0 bridgehead atoms. The third kappa shape index (κ3) is 8.57. The van der Waals surface area contributed by atoms with Gasteiger partial charge in [-0.25, -0.2) is 13.1 Å². The highest BCUT2D eigenvalue weighted by Crippen LogP contribution is 2.39. The zero-order chi connectivity index (χ0) is 35.1. The molecule has 50 heavy (non-hydrogen) atoms. The average molecular weight is 693 g/mol. The summed E-state index contributed by atoms with van der Waals surface area (Å²) in [6.45, 7) is 2.72. The van der Waals surface area contributed by atoms with Crippen molar-refractivity contribution in [1.82, 2.24) is 9.62 Å². The van der Waals surface area contributed by atoms with E-state index in [1.807, 2.05) is 117 Å². The molecule has 1 aliphatic heterocycles. The van der Waals surface area contributed by atoms with Crippen LogP contribution in [-0.4, -0.2) is 49.3 Å². The molecule has 0 spiro atoms. The van der Waals surface area contributed by atoms with E-state index in [0.29, 0.717) is 13.0 Å². The quantitative estimate of drug-likeness (QED) is 0.123. The van der Waals surface area contributed by atoms with Gasteiger partial charge in [-0.3, -0.25) is 4.90 Å². The number of hydrogen-bond acceptors (Lipinski definition) is 7. The monoisotopic (exact) mass is 692 g/mol. The van der Waals surface area contributed by atoms with Crippen molar-refractivity contribution < 1.29 is 28.1 Å². The fourth-order valence-electron chi connectivity index (χ4n) is 6.32. The number of aliphatic hydroxyl groups is 2. The minimum atomic E-state index is -3.66. The summed E-state index contributed by atoms with van der Waals surface area (Å²) in [5.74, 6) is 0. The van der Waals surface area contributed by atoms with E-state index >= 15 is 0 Å². The van der Waals surface area contributed by atoms with Crippen molar-refractivity contribution in [3.8, 4) is 11.1 Å². The van der Waals surface area contributed by atoms with Crippen LogP contribution >= 0.6 is 0 Å². The van der Waals surface area contributed by atoms with Crippen LogP contribution in [-0.2, 0) is 32.6 Å². The van der Waals surface area contributed by atoms with Gasteiger partial charge in [0.25, 0.3) is 0 Å². The first kappa shape index (κ1) is 35.6. The van der Waals surface area contributed by atoms with Crippen molar-refractivity contribution in [2.24, 2.45) is 0 Å². The van der Waals surface area contributed by atoms with Gasteiger partial charge in [-0.05, 0) is 59.5 Å². The lowest BCUT2D eigenvalue weighted by molar-refractivity contribution is -0.253. The second-order valence-electron chi connectivity index (χ2n) is 12.8. The molecular formula is C41H44N2O6S. The van der Waals surface area contributed by atoms with Gasteiger partial charge in [0.2, 0.25) is 10.0 Å². The number of ether oxygens (including phenoxy) is 2. The van der Waals surface area contributed by atoms with E-state index in [9.17, 15) is 18.6 Å². The molecule has 1 heterocycles. The van der Waals surface area contributed by atoms with E-state index in [2.05, 4.69) is 9.62 Å². The number of aliphatic hydroxyl groups excluding tert-OH is 2. The Morgan fingerprint density at radius 2 is 1.42 bits per heavy atom. The maximum absolute atomic E-state index is 12.9. The Morgan fingerprint density at radius 3 is 2.10 bits per heavy atom. The summed E-state index contributed by atoms with van der Waals surface area (Å²) in [5, 5.41) is 20.7. The van der Waals surface area contributed by atoms with Gasteiger partial charge in [-0.2, -0.15) is 0 Å². The Hall–Kier alpha value is -4.19. The summed E-state index contributed by atoms with van der Waals surface area (Å²) < 4.78 is 41.7. The van der Waals surface area contributed by atoms with Crippen LogP contribution < -0.4 is 4.72 Å². The number of likely N-dealkylation sites (N-methyl/N-ethyl adjacent to an activating group) is 1. The van der Waals surface area contributed by atoms with Crippen LogP contribution in [0.5, 0.6) is 0 Å². The van der Waals surface area contributed by atoms with Crippen LogP contribution in [0.3, 0.4) is 0 Å². The van der Waals surface area contributed by atoms with E-state index in [1.165, 1.54) is 0 Å². The maximum atomic E-state index is 12.9. The van der Waals surface area contributed by atoms with E-state index in [0.717, 1.165) is 38.9 Å². The minimum absolute atomic E-state index is 0.0268. The molecule has 6 rings (SSSR count). The number of benzene rings is 5. The standard InChI is InChI=1S/C41H44N2O6S/c1-29(40(45)33-11-5-3-6-12-33)43(2)27-36-25-39(32-19-17-30(28-44)18-20-32)49-41(48-36)34-23-21-31(22-24-34)38-16-10-9-13-35(38)26-42-50(46,47)37-14-7-4-8-15-37/h3-24,29,36,39-42,44-45H,25-28H2,1-2H3. The molecule has 3 N–H and O–H groups in total. The van der Waals surface area contributed by atoms with Gasteiger partial charge in [0.15, 0.2) is 6.29 Å². The Morgan fingerprint density at radius 1 is 0.800 bits per heavy atom. The zero-order valence-electron chi connectivity index (χ0n) is 28.3. The van der Waals surface area contributed by atoms with Gasteiger partial charge in [0.1, 0.15) is 0 Å². The molecule has 5 aromatic carbocycles. The van der Waals surface area contributed by atoms with Gasteiger partial charge in [0.05, 0.1) is 29.8 Å². The number of hydrogen-bond donors (Lipinski definition) is 3. The van der Waals surface area contributed by atoms with E-state index in [1.54, 1.807) is 30.3 Å². The number of sulfonamides is 1.